The summed E-state index contributed by atoms with van der Waals surface area (Å²) in [4.78, 5) is 0.551. The van der Waals surface area contributed by atoms with Crippen LogP contribution in [0.25, 0.3) is 11.1 Å². The van der Waals surface area contributed by atoms with E-state index in [1.54, 1.807) is 115 Å². The van der Waals surface area contributed by atoms with E-state index < -0.39 is 29.8 Å². The van der Waals surface area contributed by atoms with Crippen molar-refractivity contribution in [2.24, 2.45) is 0 Å². The van der Waals surface area contributed by atoms with Crippen molar-refractivity contribution in [1.82, 2.24) is 0 Å². The fraction of sp³-hybridized carbons (Fsp3) is 0.0667. The molecular formula is C45H36O12S4. The van der Waals surface area contributed by atoms with Crippen molar-refractivity contribution in [2.45, 2.75) is 49.6 Å². The summed E-state index contributed by atoms with van der Waals surface area (Å²) in [6.07, 6.45) is 0.230. The van der Waals surface area contributed by atoms with Crippen LogP contribution >= 0.6 is 12.0 Å². The summed E-state index contributed by atoms with van der Waals surface area (Å²) in [5.74, 6) is 1.80. The lowest BCUT2D eigenvalue weighted by Crippen LogP contribution is -2.04. The second kappa shape index (κ2) is 18.0. The second-order valence-electron chi connectivity index (χ2n) is 13.8. The normalized spacial score (nSPS) is 11.9. The minimum absolute atomic E-state index is 0.0482. The Morgan fingerprint density at radius 2 is 0.869 bits per heavy atom. The lowest BCUT2D eigenvalue weighted by molar-refractivity contribution is -0.432. The van der Waals surface area contributed by atoms with E-state index in [-0.39, 0.29) is 36.5 Å². The molecular weight excluding hydrogens is 861 g/mol. The molecule has 7 aromatic carbocycles. The molecule has 0 heterocycles. The van der Waals surface area contributed by atoms with Gasteiger partial charge in [-0.1, -0.05) is 59.1 Å². The van der Waals surface area contributed by atoms with Crippen LogP contribution in [0.15, 0.2) is 187 Å². The van der Waals surface area contributed by atoms with Gasteiger partial charge in [0.1, 0.15) is 27.9 Å². The first-order valence-electron chi connectivity index (χ1n) is 18.3. The molecule has 16 heteroatoms. The minimum atomic E-state index is -4.68. The summed E-state index contributed by atoms with van der Waals surface area (Å²) in [7, 11) is -12.3. The predicted molar refractivity (Wildman–Crippen MR) is 228 cm³/mol. The van der Waals surface area contributed by atoms with Gasteiger partial charge in [-0.2, -0.15) is 8.42 Å². The van der Waals surface area contributed by atoms with Crippen LogP contribution in [0.3, 0.4) is 0 Å². The van der Waals surface area contributed by atoms with Crippen LogP contribution in [0.5, 0.6) is 23.0 Å². The molecule has 0 aliphatic rings. The lowest BCUT2D eigenvalue weighted by Gasteiger charge is -2.14. The van der Waals surface area contributed by atoms with Gasteiger partial charge in [0.25, 0.3) is 10.1 Å². The molecule has 312 valence electrons. The summed E-state index contributed by atoms with van der Waals surface area (Å²) >= 11 is 0.666. The Kier molecular flexibility index (Phi) is 12.8. The molecule has 0 aliphatic heterocycles. The van der Waals surface area contributed by atoms with E-state index in [9.17, 15) is 29.8 Å². The molecule has 0 fully saturated rings. The van der Waals surface area contributed by atoms with Crippen LogP contribution in [-0.4, -0.2) is 35.1 Å². The van der Waals surface area contributed by atoms with E-state index in [0.29, 0.717) is 56.6 Å². The quantitative estimate of drug-likeness (QED) is 0.0430. The van der Waals surface area contributed by atoms with Crippen molar-refractivity contribution in [3.63, 3.8) is 0 Å². The highest BCUT2D eigenvalue weighted by Gasteiger charge is 2.22. The van der Waals surface area contributed by atoms with Crippen LogP contribution in [-0.2, 0) is 45.6 Å². The highest BCUT2D eigenvalue weighted by Crippen LogP contribution is 2.37. The maximum Gasteiger partial charge on any atom is 0.295 e. The number of sulfone groups is 2. The van der Waals surface area contributed by atoms with Crippen LogP contribution in [0.4, 0.5) is 0 Å². The maximum absolute atomic E-state index is 13.5. The Morgan fingerprint density at radius 3 is 1.33 bits per heavy atom. The van der Waals surface area contributed by atoms with Gasteiger partial charge < -0.3 is 9.47 Å². The molecule has 12 nitrogen and oxygen atoms in total. The molecule has 0 spiro atoms. The third-order valence-electron chi connectivity index (χ3n) is 9.44. The van der Waals surface area contributed by atoms with Crippen molar-refractivity contribution in [3.05, 3.63) is 180 Å². The highest BCUT2D eigenvalue weighted by atomic mass is 32.2. The minimum Gasteiger partial charge on any atom is -0.457 e. The molecule has 61 heavy (non-hydrogen) atoms. The average Bonchev–Trinajstić information content (AvgIpc) is 3.24. The molecule has 0 aliphatic carbocycles. The van der Waals surface area contributed by atoms with Crippen molar-refractivity contribution in [3.8, 4) is 34.1 Å². The second-order valence-corrected chi connectivity index (χ2v) is 19.8. The Balaban J connectivity index is 0.981. The fourth-order valence-electron chi connectivity index (χ4n) is 6.32. The predicted octanol–water partition coefficient (Wildman–Crippen LogP) is 10.5. The van der Waals surface area contributed by atoms with E-state index in [4.69, 9.17) is 14.7 Å². The first-order valence-corrected chi connectivity index (χ1v) is 23.4. The van der Waals surface area contributed by atoms with Crippen LogP contribution in [0.1, 0.15) is 22.3 Å². The smallest absolute Gasteiger partial charge is 0.295 e. The summed E-state index contributed by atoms with van der Waals surface area (Å²) in [5, 5.41) is 12.4. The molecule has 0 saturated carbocycles. The van der Waals surface area contributed by atoms with Gasteiger partial charge in [-0.15, -0.1) is 4.33 Å². The SMILES string of the molecule is Cc1ccc(S(=O)(=O)c2ccc(Oc3ccc(Oc4ccc(S(=O)(=O)c5ccc(Cc6ccc(-c7ccc(C)cc7SOOO)c(S(=O)(=O)O)c6)cc5)cc4)cc3)cc2)cc1. The van der Waals surface area contributed by atoms with Gasteiger partial charge in [-0.25, -0.2) is 22.1 Å². The molecule has 7 rings (SSSR count). The van der Waals surface area contributed by atoms with Gasteiger partial charge in [0.15, 0.2) is 0 Å². The highest BCUT2D eigenvalue weighted by molar-refractivity contribution is 7.94. The Bertz CT molecular complexity index is 3010. The molecule has 0 atom stereocenters. The average molecular weight is 897 g/mol. The van der Waals surface area contributed by atoms with Gasteiger partial charge in [-0.3, -0.25) is 4.55 Å². The van der Waals surface area contributed by atoms with E-state index in [1.807, 2.05) is 13.8 Å². The lowest BCUT2D eigenvalue weighted by atomic mass is 9.99. The number of ether oxygens (including phenoxy) is 2. The Labute approximate surface area is 357 Å². The molecule has 0 aromatic heterocycles. The number of benzene rings is 7. The third-order valence-corrected chi connectivity index (χ3v) is 14.6. The number of hydrogen-bond donors (Lipinski definition) is 2. The summed E-state index contributed by atoms with van der Waals surface area (Å²) < 4.78 is 105. The van der Waals surface area contributed by atoms with Gasteiger partial charge in [0.2, 0.25) is 19.7 Å². The largest absolute Gasteiger partial charge is 0.457 e. The molecule has 0 radical (unpaired) electrons. The van der Waals surface area contributed by atoms with Crippen molar-refractivity contribution < 1.29 is 53.9 Å². The molecule has 0 saturated heterocycles. The van der Waals surface area contributed by atoms with E-state index in [1.165, 1.54) is 42.5 Å². The van der Waals surface area contributed by atoms with E-state index in [0.717, 1.165) is 11.1 Å². The van der Waals surface area contributed by atoms with E-state index >= 15 is 0 Å². The van der Waals surface area contributed by atoms with Gasteiger partial charge >= 0.3 is 0 Å². The Hall–Kier alpha value is -5.82. The topological polar surface area (TPSA) is 180 Å². The van der Waals surface area contributed by atoms with Crippen molar-refractivity contribution in [1.29, 1.82) is 0 Å². The van der Waals surface area contributed by atoms with Gasteiger partial charge in [-0.05, 0) is 152 Å². The molecule has 0 bridgehead atoms. The molecule has 7 aromatic rings. The van der Waals surface area contributed by atoms with Crippen LogP contribution in [0.2, 0.25) is 0 Å². The number of aryl methyl sites for hydroxylation is 2. The summed E-state index contributed by atoms with van der Waals surface area (Å²) in [6, 6.07) is 41.4. The van der Waals surface area contributed by atoms with Crippen molar-refractivity contribution in [2.75, 3.05) is 0 Å². The standard InChI is InChI=1S/C45H36O12S4/c1-30-3-17-38(18-4-30)59(47,48)40-21-13-36(14-22-40)54-34-9-11-35(12-10-34)55-37-15-23-41(24-16-37)60(49,50)39-19-6-32(7-20-39)28-33-8-26-43(45(29-33)61(51,52)53)42-25-5-31(2)27-44(42)58-57-56-46/h3-27,29,46H,28H2,1-2H3,(H,51,52,53). The zero-order chi connectivity index (χ0) is 43.4. The number of rotatable bonds is 15. The maximum atomic E-state index is 13.5. The van der Waals surface area contributed by atoms with Crippen LogP contribution in [0, 0.1) is 13.8 Å². The first-order chi connectivity index (χ1) is 29.1. The van der Waals surface area contributed by atoms with Crippen LogP contribution < -0.4 is 9.47 Å². The third kappa shape index (κ3) is 10.2. The number of hydrogen-bond acceptors (Lipinski definition) is 12. The molecule has 2 N–H and O–H groups in total. The molecule has 0 unspecified atom stereocenters. The van der Waals surface area contributed by atoms with E-state index in [2.05, 4.69) is 9.37 Å². The fourth-order valence-corrected chi connectivity index (χ4v) is 10.2. The van der Waals surface area contributed by atoms with Crippen molar-refractivity contribution >= 4 is 41.8 Å². The Morgan fingerprint density at radius 1 is 0.475 bits per heavy atom. The van der Waals surface area contributed by atoms with Gasteiger partial charge in [0, 0.05) is 10.5 Å². The molecule has 0 amide bonds. The summed E-state index contributed by atoms with van der Waals surface area (Å²) in [5.41, 5.74) is 3.64. The first kappa shape index (κ1) is 43.3. The summed E-state index contributed by atoms with van der Waals surface area (Å²) in [6.45, 7) is 3.71. The van der Waals surface area contributed by atoms with Gasteiger partial charge in [0.05, 0.1) is 31.6 Å². The zero-order valence-corrected chi connectivity index (χ0v) is 35.6. The monoisotopic (exact) mass is 896 g/mol. The zero-order valence-electron chi connectivity index (χ0n) is 32.3.